The van der Waals surface area contributed by atoms with Gasteiger partial charge in [0.05, 0.1) is 13.2 Å². The minimum atomic E-state index is -1.33. The van der Waals surface area contributed by atoms with Crippen LogP contribution in [-0.2, 0) is 9.47 Å². The van der Waals surface area contributed by atoms with Gasteiger partial charge >= 0.3 is 0 Å². The second-order valence-electron chi connectivity index (χ2n) is 2.87. The van der Waals surface area contributed by atoms with Gasteiger partial charge in [-0.2, -0.15) is 0 Å². The van der Waals surface area contributed by atoms with E-state index < -0.39 is 24.6 Å². The summed E-state index contributed by atoms with van der Waals surface area (Å²) in [5.74, 6) is 0. The molecular formula is C8H14O5. The van der Waals surface area contributed by atoms with E-state index in [1.165, 1.54) is 0 Å². The van der Waals surface area contributed by atoms with E-state index in [1.54, 1.807) is 6.08 Å². The molecule has 76 valence electrons. The highest BCUT2D eigenvalue weighted by molar-refractivity contribution is 4.85. The van der Waals surface area contributed by atoms with E-state index in [1.807, 2.05) is 0 Å². The third-order valence-corrected chi connectivity index (χ3v) is 1.86. The lowest BCUT2D eigenvalue weighted by molar-refractivity contribution is -0.136. The van der Waals surface area contributed by atoms with Crippen molar-refractivity contribution in [3.63, 3.8) is 0 Å². The molecule has 1 fully saturated rings. The maximum Gasteiger partial charge on any atom is 0.184 e. The molecule has 0 amide bonds. The lowest BCUT2D eigenvalue weighted by Gasteiger charge is -2.13. The summed E-state index contributed by atoms with van der Waals surface area (Å²) >= 11 is 0. The minimum absolute atomic E-state index is 0.126. The van der Waals surface area contributed by atoms with Crippen molar-refractivity contribution in [2.24, 2.45) is 0 Å². The molecule has 1 saturated heterocycles. The molecule has 13 heavy (non-hydrogen) atoms. The molecule has 0 aromatic heterocycles. The lowest BCUT2D eigenvalue weighted by Crippen LogP contribution is -2.34. The molecule has 0 bridgehead atoms. The van der Waals surface area contributed by atoms with E-state index in [4.69, 9.17) is 19.7 Å². The number of hydrogen-bond donors (Lipinski definition) is 3. The molecule has 0 aliphatic carbocycles. The molecule has 1 heterocycles. The second kappa shape index (κ2) is 4.69. The Morgan fingerprint density at radius 2 is 2.00 bits per heavy atom. The van der Waals surface area contributed by atoms with Crippen LogP contribution in [0.15, 0.2) is 12.7 Å². The summed E-state index contributed by atoms with van der Waals surface area (Å²) < 4.78 is 9.84. The van der Waals surface area contributed by atoms with Crippen molar-refractivity contribution in [3.8, 4) is 0 Å². The van der Waals surface area contributed by atoms with Crippen LogP contribution in [0.4, 0.5) is 0 Å². The summed E-state index contributed by atoms with van der Waals surface area (Å²) in [5.41, 5.74) is 0. The van der Waals surface area contributed by atoms with Gasteiger partial charge in [0.1, 0.15) is 18.3 Å². The maximum absolute atomic E-state index is 9.29. The molecule has 0 spiro atoms. The predicted molar refractivity (Wildman–Crippen MR) is 43.9 cm³/mol. The van der Waals surface area contributed by atoms with Gasteiger partial charge in [-0.1, -0.05) is 6.08 Å². The highest BCUT2D eigenvalue weighted by Crippen LogP contribution is 2.19. The van der Waals surface area contributed by atoms with Crippen LogP contribution < -0.4 is 0 Å². The van der Waals surface area contributed by atoms with Crippen LogP contribution in [0.1, 0.15) is 0 Å². The zero-order valence-corrected chi connectivity index (χ0v) is 7.17. The zero-order chi connectivity index (χ0) is 9.84. The topological polar surface area (TPSA) is 79.2 Å². The third-order valence-electron chi connectivity index (χ3n) is 1.86. The largest absolute Gasteiger partial charge is 0.387 e. The second-order valence-corrected chi connectivity index (χ2v) is 2.87. The zero-order valence-electron chi connectivity index (χ0n) is 7.17. The average molecular weight is 190 g/mol. The van der Waals surface area contributed by atoms with Crippen molar-refractivity contribution in [3.05, 3.63) is 12.7 Å². The summed E-state index contributed by atoms with van der Waals surface area (Å²) in [6, 6.07) is 0. The van der Waals surface area contributed by atoms with Crippen molar-refractivity contribution < 1.29 is 24.8 Å². The fraction of sp³-hybridized carbons (Fsp3) is 0.750. The highest BCUT2D eigenvalue weighted by atomic mass is 16.7. The van der Waals surface area contributed by atoms with Crippen LogP contribution in [0.25, 0.3) is 0 Å². The Hall–Kier alpha value is -0.460. The standard InChI is InChI=1S/C8H14O5/c1-2-3-12-4-5-6(9)7(10)8(11)13-5/h2,5-11H,1,3-4H2/t5-,6-,7-,8+/m1/s1. The predicted octanol–water partition coefficient (Wildman–Crippen LogP) is -1.37. The first kappa shape index (κ1) is 10.6. The fourth-order valence-electron chi connectivity index (χ4n) is 1.13. The van der Waals surface area contributed by atoms with Crippen molar-refractivity contribution >= 4 is 0 Å². The molecule has 0 saturated carbocycles. The van der Waals surface area contributed by atoms with Gasteiger partial charge < -0.3 is 24.8 Å². The van der Waals surface area contributed by atoms with Gasteiger partial charge in [0.25, 0.3) is 0 Å². The van der Waals surface area contributed by atoms with Crippen molar-refractivity contribution in [2.75, 3.05) is 13.2 Å². The van der Waals surface area contributed by atoms with Crippen LogP contribution in [0.3, 0.4) is 0 Å². The van der Waals surface area contributed by atoms with Gasteiger partial charge in [-0.05, 0) is 0 Å². The molecule has 5 heteroatoms. The molecule has 0 aromatic carbocycles. The Morgan fingerprint density at radius 1 is 1.31 bits per heavy atom. The molecule has 4 atom stereocenters. The van der Waals surface area contributed by atoms with Gasteiger partial charge in [0.15, 0.2) is 6.29 Å². The van der Waals surface area contributed by atoms with Crippen molar-refractivity contribution in [1.29, 1.82) is 0 Å². The Balaban J connectivity index is 2.31. The van der Waals surface area contributed by atoms with Crippen LogP contribution in [-0.4, -0.2) is 53.1 Å². The first-order valence-corrected chi connectivity index (χ1v) is 4.05. The van der Waals surface area contributed by atoms with Gasteiger partial charge in [0, 0.05) is 0 Å². The van der Waals surface area contributed by atoms with E-state index in [-0.39, 0.29) is 6.61 Å². The molecule has 3 N–H and O–H groups in total. The average Bonchev–Trinajstić information content (AvgIpc) is 2.34. The quantitative estimate of drug-likeness (QED) is 0.376. The molecule has 1 rings (SSSR count). The fourth-order valence-corrected chi connectivity index (χ4v) is 1.13. The number of aliphatic hydroxyl groups excluding tert-OH is 3. The molecule has 5 nitrogen and oxygen atoms in total. The van der Waals surface area contributed by atoms with Crippen molar-refractivity contribution in [1.82, 2.24) is 0 Å². The van der Waals surface area contributed by atoms with E-state index in [0.29, 0.717) is 6.61 Å². The van der Waals surface area contributed by atoms with Gasteiger partial charge in [-0.3, -0.25) is 0 Å². The summed E-state index contributed by atoms with van der Waals surface area (Å²) in [7, 11) is 0. The molecule has 0 radical (unpaired) electrons. The van der Waals surface area contributed by atoms with Crippen LogP contribution >= 0.6 is 0 Å². The Morgan fingerprint density at radius 3 is 2.46 bits per heavy atom. The number of ether oxygens (including phenoxy) is 2. The molecular weight excluding hydrogens is 176 g/mol. The smallest absolute Gasteiger partial charge is 0.184 e. The van der Waals surface area contributed by atoms with Crippen LogP contribution in [0.5, 0.6) is 0 Å². The van der Waals surface area contributed by atoms with E-state index in [2.05, 4.69) is 6.58 Å². The summed E-state index contributed by atoms with van der Waals surface area (Å²) in [5, 5.41) is 27.4. The van der Waals surface area contributed by atoms with Crippen LogP contribution in [0, 0.1) is 0 Å². The number of aliphatic hydroxyl groups is 3. The SMILES string of the molecule is C=CCOC[C@H]1O[C@H](O)[C@H](O)[C@@H]1O. The van der Waals surface area contributed by atoms with E-state index >= 15 is 0 Å². The van der Waals surface area contributed by atoms with Crippen molar-refractivity contribution in [2.45, 2.75) is 24.6 Å². The van der Waals surface area contributed by atoms with E-state index in [9.17, 15) is 5.11 Å². The summed E-state index contributed by atoms with van der Waals surface area (Å²) in [6.07, 6.45) is -2.79. The van der Waals surface area contributed by atoms with E-state index in [0.717, 1.165) is 0 Å². The summed E-state index contributed by atoms with van der Waals surface area (Å²) in [4.78, 5) is 0. The summed E-state index contributed by atoms with van der Waals surface area (Å²) in [6.45, 7) is 3.92. The highest BCUT2D eigenvalue weighted by Gasteiger charge is 2.41. The maximum atomic E-state index is 9.29. The van der Waals surface area contributed by atoms with Gasteiger partial charge in [-0.25, -0.2) is 0 Å². The first-order valence-electron chi connectivity index (χ1n) is 4.05. The molecule has 0 aromatic rings. The Bertz CT molecular complexity index is 172. The first-order chi connectivity index (χ1) is 6.16. The Labute approximate surface area is 76.2 Å². The lowest BCUT2D eigenvalue weighted by atomic mass is 10.1. The Kier molecular flexibility index (Phi) is 3.83. The molecule has 1 aliphatic heterocycles. The van der Waals surface area contributed by atoms with Crippen LogP contribution in [0.2, 0.25) is 0 Å². The number of hydrogen-bond acceptors (Lipinski definition) is 5. The monoisotopic (exact) mass is 190 g/mol. The minimum Gasteiger partial charge on any atom is -0.387 e. The number of rotatable bonds is 4. The normalized spacial score (nSPS) is 39.3. The molecule has 1 aliphatic rings. The van der Waals surface area contributed by atoms with Gasteiger partial charge in [0.2, 0.25) is 0 Å². The van der Waals surface area contributed by atoms with Gasteiger partial charge in [-0.15, -0.1) is 6.58 Å². The third kappa shape index (κ3) is 2.49. The molecule has 0 unspecified atom stereocenters.